The maximum atomic E-state index is 13.5. The Morgan fingerprint density at radius 3 is 2.81 bits per heavy atom. The van der Waals surface area contributed by atoms with Gasteiger partial charge in [-0.25, -0.2) is 9.37 Å². The Kier molecular flexibility index (Phi) is 3.05. The number of thioether (sulfide) groups is 1. The number of benzene rings is 1. The van der Waals surface area contributed by atoms with Crippen molar-refractivity contribution in [2.24, 2.45) is 0 Å². The average Bonchev–Trinajstić information content (AvgIpc) is 2.28. The first kappa shape index (κ1) is 10.9. The van der Waals surface area contributed by atoms with Crippen molar-refractivity contribution >= 4 is 11.8 Å². The van der Waals surface area contributed by atoms with Crippen LogP contribution in [0.15, 0.2) is 40.3 Å². The Labute approximate surface area is 95.7 Å². The molecule has 0 atom stereocenters. The fraction of sp³-hybridized carbons (Fsp3) is 0.0909. The number of nitrogens with one attached hydrogen (secondary N) is 1. The van der Waals surface area contributed by atoms with Gasteiger partial charge in [0.05, 0.1) is 5.69 Å². The van der Waals surface area contributed by atoms with Crippen LogP contribution in [0.25, 0.3) is 11.3 Å². The largest absolute Gasteiger partial charge is 0.301 e. The highest BCUT2D eigenvalue weighted by molar-refractivity contribution is 7.98. The van der Waals surface area contributed by atoms with Gasteiger partial charge in [0.1, 0.15) is 5.82 Å². The number of nitrogens with zero attached hydrogens (tertiary/aromatic N) is 1. The van der Waals surface area contributed by atoms with Crippen molar-refractivity contribution < 1.29 is 4.39 Å². The third kappa shape index (κ3) is 2.14. The Morgan fingerprint density at radius 2 is 2.12 bits per heavy atom. The van der Waals surface area contributed by atoms with E-state index in [9.17, 15) is 9.18 Å². The lowest BCUT2D eigenvalue weighted by Crippen LogP contribution is -2.08. The van der Waals surface area contributed by atoms with Gasteiger partial charge in [-0.1, -0.05) is 23.9 Å². The molecule has 0 radical (unpaired) electrons. The second-order valence-corrected chi connectivity index (χ2v) is 3.91. The summed E-state index contributed by atoms with van der Waals surface area (Å²) in [5.74, 6) is -0.382. The zero-order chi connectivity index (χ0) is 11.5. The van der Waals surface area contributed by atoms with E-state index in [-0.39, 0.29) is 11.4 Å². The van der Waals surface area contributed by atoms with Crippen molar-refractivity contribution in [1.29, 1.82) is 0 Å². The minimum Gasteiger partial charge on any atom is -0.301 e. The normalized spacial score (nSPS) is 10.4. The van der Waals surface area contributed by atoms with E-state index in [4.69, 9.17) is 0 Å². The van der Waals surface area contributed by atoms with Crippen LogP contribution < -0.4 is 5.56 Å². The molecule has 0 aliphatic carbocycles. The van der Waals surface area contributed by atoms with E-state index in [1.54, 1.807) is 24.5 Å². The van der Waals surface area contributed by atoms with E-state index in [0.29, 0.717) is 16.4 Å². The molecule has 0 amide bonds. The standard InChI is InChI=1S/C11H9FN2OS/c1-16-11-13-9(6-10(15)14-11)7-4-2-3-5-8(7)12/h2-6H,1H3,(H,13,14,15). The van der Waals surface area contributed by atoms with Gasteiger partial charge in [0, 0.05) is 11.6 Å². The van der Waals surface area contributed by atoms with Crippen molar-refractivity contribution in [1.82, 2.24) is 9.97 Å². The predicted molar refractivity (Wildman–Crippen MR) is 62.0 cm³/mol. The Bertz CT molecular complexity index is 568. The fourth-order valence-electron chi connectivity index (χ4n) is 1.34. The van der Waals surface area contributed by atoms with Gasteiger partial charge in [-0.3, -0.25) is 4.79 Å². The summed E-state index contributed by atoms with van der Waals surface area (Å²) < 4.78 is 13.5. The second kappa shape index (κ2) is 4.49. The fourth-order valence-corrected chi connectivity index (χ4v) is 1.73. The number of rotatable bonds is 2. The van der Waals surface area contributed by atoms with Crippen LogP contribution in [0.5, 0.6) is 0 Å². The molecule has 0 saturated carbocycles. The molecule has 2 rings (SSSR count). The first-order valence-corrected chi connectivity index (χ1v) is 5.83. The molecule has 0 fully saturated rings. The van der Waals surface area contributed by atoms with E-state index in [1.165, 1.54) is 23.9 Å². The summed E-state index contributed by atoms with van der Waals surface area (Å²) in [6.07, 6.45) is 1.80. The molecule has 1 aromatic carbocycles. The molecule has 5 heteroatoms. The first-order chi connectivity index (χ1) is 7.70. The summed E-state index contributed by atoms with van der Waals surface area (Å²) in [6, 6.07) is 7.54. The molecule has 1 N–H and O–H groups in total. The van der Waals surface area contributed by atoms with Crippen LogP contribution in [0.2, 0.25) is 0 Å². The summed E-state index contributed by atoms with van der Waals surface area (Å²) in [5.41, 5.74) is 0.410. The molecule has 0 aliphatic rings. The van der Waals surface area contributed by atoms with Gasteiger partial charge in [0.15, 0.2) is 5.16 Å². The van der Waals surface area contributed by atoms with Gasteiger partial charge in [0.2, 0.25) is 0 Å². The van der Waals surface area contributed by atoms with E-state index in [0.717, 1.165) is 0 Å². The summed E-state index contributed by atoms with van der Waals surface area (Å²) in [6.45, 7) is 0. The maximum absolute atomic E-state index is 13.5. The zero-order valence-electron chi connectivity index (χ0n) is 8.53. The SMILES string of the molecule is CSc1nc(-c2ccccc2F)cc(=O)[nH]1. The lowest BCUT2D eigenvalue weighted by molar-refractivity contribution is 0.630. The highest BCUT2D eigenvalue weighted by Crippen LogP contribution is 2.20. The van der Waals surface area contributed by atoms with E-state index in [1.807, 2.05) is 0 Å². The van der Waals surface area contributed by atoms with Crippen LogP contribution in [0.3, 0.4) is 0 Å². The van der Waals surface area contributed by atoms with Gasteiger partial charge in [-0.05, 0) is 18.4 Å². The number of halogens is 1. The van der Waals surface area contributed by atoms with Gasteiger partial charge in [0.25, 0.3) is 5.56 Å². The van der Waals surface area contributed by atoms with Gasteiger partial charge in [-0.15, -0.1) is 0 Å². The highest BCUT2D eigenvalue weighted by Gasteiger charge is 2.07. The summed E-state index contributed by atoms with van der Waals surface area (Å²) in [7, 11) is 0. The second-order valence-electron chi connectivity index (χ2n) is 3.12. The number of aromatic nitrogens is 2. The smallest absolute Gasteiger partial charge is 0.252 e. The third-order valence-electron chi connectivity index (χ3n) is 2.06. The zero-order valence-corrected chi connectivity index (χ0v) is 9.34. The number of H-pyrrole nitrogens is 1. The van der Waals surface area contributed by atoms with E-state index >= 15 is 0 Å². The van der Waals surface area contributed by atoms with Crippen LogP contribution >= 0.6 is 11.8 Å². The van der Waals surface area contributed by atoms with Crippen LogP contribution in [-0.4, -0.2) is 16.2 Å². The van der Waals surface area contributed by atoms with Crippen molar-refractivity contribution in [3.8, 4) is 11.3 Å². The van der Waals surface area contributed by atoms with Crippen molar-refractivity contribution in [2.45, 2.75) is 5.16 Å². The molecule has 2 aromatic rings. The molecule has 0 saturated heterocycles. The molecule has 3 nitrogen and oxygen atoms in total. The number of hydrogen-bond acceptors (Lipinski definition) is 3. The van der Waals surface area contributed by atoms with Crippen molar-refractivity contribution in [3.05, 3.63) is 46.5 Å². The summed E-state index contributed by atoms with van der Waals surface area (Å²) in [4.78, 5) is 18.0. The first-order valence-electron chi connectivity index (χ1n) is 4.61. The molecule has 82 valence electrons. The van der Waals surface area contributed by atoms with Gasteiger partial charge in [-0.2, -0.15) is 0 Å². The summed E-state index contributed by atoms with van der Waals surface area (Å²) >= 11 is 1.31. The lowest BCUT2D eigenvalue weighted by Gasteiger charge is -2.03. The number of aromatic amines is 1. The maximum Gasteiger partial charge on any atom is 0.252 e. The van der Waals surface area contributed by atoms with Crippen LogP contribution in [0, 0.1) is 5.82 Å². The quantitative estimate of drug-likeness (QED) is 0.642. The topological polar surface area (TPSA) is 45.8 Å². The molecule has 0 unspecified atom stereocenters. The molecule has 1 heterocycles. The van der Waals surface area contributed by atoms with Crippen LogP contribution in [0.4, 0.5) is 4.39 Å². The Morgan fingerprint density at radius 1 is 1.38 bits per heavy atom. The highest BCUT2D eigenvalue weighted by atomic mass is 32.2. The average molecular weight is 236 g/mol. The van der Waals surface area contributed by atoms with Crippen molar-refractivity contribution in [3.63, 3.8) is 0 Å². The Hall–Kier alpha value is -1.62. The molecule has 16 heavy (non-hydrogen) atoms. The summed E-state index contributed by atoms with van der Waals surface area (Å²) in [5, 5.41) is 0.478. The third-order valence-corrected chi connectivity index (χ3v) is 2.64. The molecule has 1 aromatic heterocycles. The van der Waals surface area contributed by atoms with Crippen molar-refractivity contribution in [2.75, 3.05) is 6.26 Å². The lowest BCUT2D eigenvalue weighted by atomic mass is 10.1. The number of hydrogen-bond donors (Lipinski definition) is 1. The molecule has 0 spiro atoms. The van der Waals surface area contributed by atoms with Gasteiger partial charge >= 0.3 is 0 Å². The molecular formula is C11H9FN2OS. The molecule has 0 bridgehead atoms. The van der Waals surface area contributed by atoms with E-state index in [2.05, 4.69) is 9.97 Å². The minimum absolute atomic E-state index is 0.280. The molecule has 0 aliphatic heterocycles. The van der Waals surface area contributed by atoms with Crippen LogP contribution in [-0.2, 0) is 0 Å². The van der Waals surface area contributed by atoms with Crippen LogP contribution in [0.1, 0.15) is 0 Å². The minimum atomic E-state index is -0.382. The van der Waals surface area contributed by atoms with Gasteiger partial charge < -0.3 is 4.98 Å². The monoisotopic (exact) mass is 236 g/mol. The predicted octanol–water partition coefficient (Wildman–Crippen LogP) is 2.30. The Balaban J connectivity index is 2.60. The van der Waals surface area contributed by atoms with E-state index < -0.39 is 0 Å². The molecular weight excluding hydrogens is 227 g/mol.